The van der Waals surface area contributed by atoms with Crippen LogP contribution >= 0.6 is 11.6 Å². The molecule has 6 heteroatoms. The number of halogens is 1. The van der Waals surface area contributed by atoms with E-state index in [-0.39, 0.29) is 0 Å². The minimum absolute atomic E-state index is 0.492. The molecule has 3 aromatic rings. The maximum Gasteiger partial charge on any atom is 0.228 e. The first-order chi connectivity index (χ1) is 13.7. The van der Waals surface area contributed by atoms with Gasteiger partial charge in [0.2, 0.25) is 5.88 Å². The van der Waals surface area contributed by atoms with Crippen LogP contribution in [0.1, 0.15) is 16.7 Å². The standard InChI is InChI=1S/C22H19ClN2O3/c1-26-19-12-14-9-11-24-21(18(14)13-20(19)27-2)17-4-3-10-25-22(17)28-16-7-5-15(23)6-8-16/h3-8,10,12-13H,9,11H2,1-2H3. The SMILES string of the molecule is COc1cc2c(cc1OC)C(c1cccnc1Oc1ccc(Cl)cc1)=NCC2. The molecule has 0 saturated heterocycles. The van der Waals surface area contributed by atoms with E-state index in [1.54, 1.807) is 32.5 Å². The molecule has 4 rings (SSSR count). The van der Waals surface area contributed by atoms with Gasteiger partial charge >= 0.3 is 0 Å². The van der Waals surface area contributed by atoms with E-state index in [0.29, 0.717) is 34.7 Å². The van der Waals surface area contributed by atoms with Crippen molar-refractivity contribution in [1.82, 2.24) is 4.98 Å². The number of nitrogens with zero attached hydrogens (tertiary/aromatic N) is 2. The van der Waals surface area contributed by atoms with Gasteiger partial charge in [0.25, 0.3) is 0 Å². The van der Waals surface area contributed by atoms with Gasteiger partial charge in [0, 0.05) is 23.3 Å². The third-order valence-electron chi connectivity index (χ3n) is 4.57. The number of benzene rings is 2. The van der Waals surface area contributed by atoms with E-state index in [2.05, 4.69) is 4.98 Å². The summed E-state index contributed by atoms with van der Waals surface area (Å²) < 4.78 is 17.0. The maximum atomic E-state index is 6.03. The number of pyridine rings is 1. The van der Waals surface area contributed by atoms with Crippen LogP contribution in [0.5, 0.6) is 23.1 Å². The highest BCUT2D eigenvalue weighted by molar-refractivity contribution is 6.30. The van der Waals surface area contributed by atoms with Gasteiger partial charge in [-0.1, -0.05) is 11.6 Å². The summed E-state index contributed by atoms with van der Waals surface area (Å²) in [4.78, 5) is 9.20. The van der Waals surface area contributed by atoms with Gasteiger partial charge in [-0.15, -0.1) is 0 Å². The second-order valence-corrected chi connectivity index (χ2v) is 6.69. The normalized spacial score (nSPS) is 12.8. The molecule has 142 valence electrons. The van der Waals surface area contributed by atoms with Gasteiger partial charge in [-0.05, 0) is 60.5 Å². The fraction of sp³-hybridized carbons (Fsp3) is 0.182. The Morgan fingerprint density at radius 3 is 2.43 bits per heavy atom. The molecule has 0 amide bonds. The number of hydrogen-bond acceptors (Lipinski definition) is 5. The highest BCUT2D eigenvalue weighted by Gasteiger charge is 2.22. The molecule has 5 nitrogen and oxygen atoms in total. The van der Waals surface area contributed by atoms with Crippen LogP contribution < -0.4 is 14.2 Å². The first-order valence-electron chi connectivity index (χ1n) is 8.88. The zero-order valence-corrected chi connectivity index (χ0v) is 16.4. The Hall–Kier alpha value is -3.05. The molecular weight excluding hydrogens is 376 g/mol. The molecule has 2 heterocycles. The smallest absolute Gasteiger partial charge is 0.228 e. The monoisotopic (exact) mass is 394 g/mol. The maximum absolute atomic E-state index is 6.03. The van der Waals surface area contributed by atoms with Crippen LogP contribution in [0, 0.1) is 0 Å². The molecule has 0 bridgehead atoms. The van der Waals surface area contributed by atoms with Crippen molar-refractivity contribution in [3.63, 3.8) is 0 Å². The van der Waals surface area contributed by atoms with Crippen molar-refractivity contribution in [3.8, 4) is 23.1 Å². The molecule has 0 spiro atoms. The van der Waals surface area contributed by atoms with Gasteiger partial charge in [-0.25, -0.2) is 4.98 Å². The van der Waals surface area contributed by atoms with Crippen LogP contribution in [0.15, 0.2) is 59.7 Å². The Kier molecular flexibility index (Phi) is 5.17. The van der Waals surface area contributed by atoms with E-state index < -0.39 is 0 Å². The third-order valence-corrected chi connectivity index (χ3v) is 4.82. The molecule has 1 aliphatic rings. The number of ether oxygens (including phenoxy) is 3. The van der Waals surface area contributed by atoms with Crippen molar-refractivity contribution in [1.29, 1.82) is 0 Å². The molecular formula is C22H19ClN2O3. The summed E-state index contributed by atoms with van der Waals surface area (Å²) in [5, 5.41) is 0.653. The number of rotatable bonds is 5. The van der Waals surface area contributed by atoms with Crippen LogP contribution in [0.2, 0.25) is 5.02 Å². The van der Waals surface area contributed by atoms with Gasteiger partial charge in [0.15, 0.2) is 11.5 Å². The molecule has 2 aromatic carbocycles. The van der Waals surface area contributed by atoms with Crippen molar-refractivity contribution in [2.75, 3.05) is 20.8 Å². The first kappa shape index (κ1) is 18.3. The molecule has 28 heavy (non-hydrogen) atoms. The fourth-order valence-electron chi connectivity index (χ4n) is 3.22. The van der Waals surface area contributed by atoms with E-state index in [1.165, 1.54) is 0 Å². The van der Waals surface area contributed by atoms with Crippen molar-refractivity contribution in [3.05, 3.63) is 76.4 Å². The molecule has 0 aliphatic carbocycles. The quantitative estimate of drug-likeness (QED) is 0.615. The average molecular weight is 395 g/mol. The topological polar surface area (TPSA) is 52.9 Å². The van der Waals surface area contributed by atoms with Crippen LogP contribution in [0.3, 0.4) is 0 Å². The molecule has 0 fully saturated rings. The highest BCUT2D eigenvalue weighted by atomic mass is 35.5. The number of aliphatic imine (C=N–C) groups is 1. The molecule has 0 atom stereocenters. The Labute approximate surface area is 168 Å². The lowest BCUT2D eigenvalue weighted by Crippen LogP contribution is -2.16. The Morgan fingerprint density at radius 1 is 0.929 bits per heavy atom. The largest absolute Gasteiger partial charge is 0.493 e. The molecule has 0 saturated carbocycles. The van der Waals surface area contributed by atoms with Gasteiger partial charge in [-0.3, -0.25) is 4.99 Å². The van der Waals surface area contributed by atoms with Gasteiger partial charge in [-0.2, -0.15) is 0 Å². The van der Waals surface area contributed by atoms with Crippen LogP contribution in [0.25, 0.3) is 0 Å². The van der Waals surface area contributed by atoms with Crippen LogP contribution in [0.4, 0.5) is 0 Å². The predicted octanol–water partition coefficient (Wildman–Crippen LogP) is 4.94. The van der Waals surface area contributed by atoms with Gasteiger partial charge in [0.1, 0.15) is 5.75 Å². The van der Waals surface area contributed by atoms with E-state index in [1.807, 2.05) is 36.4 Å². The van der Waals surface area contributed by atoms with Crippen molar-refractivity contribution >= 4 is 17.3 Å². The lowest BCUT2D eigenvalue weighted by atomic mass is 9.93. The van der Waals surface area contributed by atoms with Gasteiger partial charge in [0.05, 0.1) is 25.5 Å². The zero-order chi connectivity index (χ0) is 19.5. The fourth-order valence-corrected chi connectivity index (χ4v) is 3.34. The summed E-state index contributed by atoms with van der Waals surface area (Å²) in [6, 6.07) is 15.0. The Bertz CT molecular complexity index is 1030. The molecule has 1 aromatic heterocycles. The number of fused-ring (bicyclic) bond motifs is 1. The predicted molar refractivity (Wildman–Crippen MR) is 110 cm³/mol. The third kappa shape index (κ3) is 3.53. The Morgan fingerprint density at radius 2 is 1.68 bits per heavy atom. The molecule has 0 unspecified atom stereocenters. The summed E-state index contributed by atoms with van der Waals surface area (Å²) in [5.74, 6) is 2.53. The molecule has 1 aliphatic heterocycles. The summed E-state index contributed by atoms with van der Waals surface area (Å²) >= 11 is 5.96. The second kappa shape index (κ2) is 7.90. The van der Waals surface area contributed by atoms with Crippen molar-refractivity contribution in [2.24, 2.45) is 4.99 Å². The number of aromatic nitrogens is 1. The summed E-state index contributed by atoms with van der Waals surface area (Å²) in [5.41, 5.74) is 3.81. The van der Waals surface area contributed by atoms with Gasteiger partial charge < -0.3 is 14.2 Å². The van der Waals surface area contributed by atoms with E-state index in [9.17, 15) is 0 Å². The second-order valence-electron chi connectivity index (χ2n) is 6.26. The summed E-state index contributed by atoms with van der Waals surface area (Å²) in [6.07, 6.45) is 2.54. The van der Waals surface area contributed by atoms with E-state index >= 15 is 0 Å². The first-order valence-corrected chi connectivity index (χ1v) is 9.26. The van der Waals surface area contributed by atoms with Crippen molar-refractivity contribution in [2.45, 2.75) is 6.42 Å². The number of methoxy groups -OCH3 is 2. The number of hydrogen-bond donors (Lipinski definition) is 0. The van der Waals surface area contributed by atoms with Crippen molar-refractivity contribution < 1.29 is 14.2 Å². The van der Waals surface area contributed by atoms with Crippen LogP contribution in [-0.2, 0) is 6.42 Å². The lowest BCUT2D eigenvalue weighted by molar-refractivity contribution is 0.354. The highest BCUT2D eigenvalue weighted by Crippen LogP contribution is 2.35. The van der Waals surface area contributed by atoms with E-state index in [0.717, 1.165) is 28.8 Å². The minimum Gasteiger partial charge on any atom is -0.493 e. The lowest BCUT2D eigenvalue weighted by Gasteiger charge is -2.21. The zero-order valence-electron chi connectivity index (χ0n) is 15.6. The molecule has 0 N–H and O–H groups in total. The summed E-state index contributed by atoms with van der Waals surface area (Å²) in [6.45, 7) is 0.688. The Balaban J connectivity index is 1.77. The van der Waals surface area contributed by atoms with E-state index in [4.69, 9.17) is 30.8 Å². The molecule has 0 radical (unpaired) electrons. The van der Waals surface area contributed by atoms with Crippen LogP contribution in [-0.4, -0.2) is 31.5 Å². The summed E-state index contributed by atoms with van der Waals surface area (Å²) in [7, 11) is 3.27. The minimum atomic E-state index is 0.492. The average Bonchev–Trinajstić information content (AvgIpc) is 2.74.